The fraction of sp³-hybridized carbons (Fsp3) is 0.0500. The molecular weight excluding hydrogens is 421 g/mol. The molecule has 4 aromatic rings. The predicted molar refractivity (Wildman–Crippen MR) is 105 cm³/mol. The van der Waals surface area contributed by atoms with Crippen LogP contribution in [0.4, 0.5) is 19.0 Å². The number of nitrogens with zero attached hydrogens (tertiary/aromatic N) is 2. The van der Waals surface area contributed by atoms with Gasteiger partial charge in [0.25, 0.3) is 5.82 Å². The number of carbonyl (C=O) groups is 1. The molecule has 2 aromatic heterocycles. The first-order chi connectivity index (χ1) is 14.2. The van der Waals surface area contributed by atoms with E-state index in [0.29, 0.717) is 10.2 Å². The number of carbonyl (C=O) groups excluding carboxylic acids is 1. The summed E-state index contributed by atoms with van der Waals surface area (Å²) in [5, 5.41) is 14.2. The summed E-state index contributed by atoms with van der Waals surface area (Å²) in [4.78, 5) is 19.7. The molecule has 0 radical (unpaired) electrons. The first-order valence-electron chi connectivity index (χ1n) is 8.59. The highest BCUT2D eigenvalue weighted by Gasteiger charge is 2.35. The molecule has 6 nitrogen and oxygen atoms in total. The average molecular weight is 433 g/mol. The zero-order valence-electron chi connectivity index (χ0n) is 15.0. The first-order valence-corrected chi connectivity index (χ1v) is 8.97. The van der Waals surface area contributed by atoms with E-state index in [1.165, 1.54) is 36.5 Å². The number of H-pyrrole nitrogens is 1. The summed E-state index contributed by atoms with van der Waals surface area (Å²) in [7, 11) is 0. The molecule has 2 aromatic carbocycles. The lowest BCUT2D eigenvalue weighted by Crippen LogP contribution is -2.32. The Labute approximate surface area is 172 Å². The van der Waals surface area contributed by atoms with Crippen LogP contribution in [0, 0.1) is 5.21 Å². The van der Waals surface area contributed by atoms with Crippen molar-refractivity contribution in [3.63, 3.8) is 0 Å². The second kappa shape index (κ2) is 7.34. The van der Waals surface area contributed by atoms with Crippen LogP contribution in [0.5, 0.6) is 0 Å². The molecule has 0 bridgehead atoms. The van der Waals surface area contributed by atoms with Crippen LogP contribution in [0.15, 0.2) is 60.8 Å². The van der Waals surface area contributed by atoms with Crippen molar-refractivity contribution in [2.24, 2.45) is 0 Å². The number of hydrogen-bond acceptors (Lipinski definition) is 3. The van der Waals surface area contributed by atoms with Gasteiger partial charge in [-0.3, -0.25) is 0 Å². The minimum Gasteiger partial charge on any atom is -0.711 e. The Balaban J connectivity index is 1.79. The monoisotopic (exact) mass is 432 g/mol. The van der Waals surface area contributed by atoms with E-state index in [1.807, 2.05) is 0 Å². The lowest BCUT2D eigenvalue weighted by molar-refractivity contribution is -0.590. The summed E-state index contributed by atoms with van der Waals surface area (Å²) in [6, 6.07) is 12.5. The second-order valence-electron chi connectivity index (χ2n) is 6.34. The molecule has 1 amide bonds. The number of pyridine rings is 1. The number of nitrogens with one attached hydrogen (secondary N) is 2. The average Bonchev–Trinajstić information content (AvgIpc) is 3.13. The van der Waals surface area contributed by atoms with Crippen LogP contribution in [0.25, 0.3) is 22.4 Å². The molecule has 0 aliphatic heterocycles. The molecule has 2 heterocycles. The topological polar surface area (TPSA) is 84.7 Å². The maximum absolute atomic E-state index is 13.5. The third-order valence-corrected chi connectivity index (χ3v) is 4.60. The van der Waals surface area contributed by atoms with Gasteiger partial charge in [0.1, 0.15) is 11.3 Å². The highest BCUT2D eigenvalue weighted by Crippen LogP contribution is 2.38. The van der Waals surface area contributed by atoms with E-state index in [-0.39, 0.29) is 33.3 Å². The van der Waals surface area contributed by atoms with Gasteiger partial charge in [-0.2, -0.15) is 13.2 Å². The van der Waals surface area contributed by atoms with Gasteiger partial charge < -0.3 is 10.2 Å². The molecule has 0 fully saturated rings. The van der Waals surface area contributed by atoms with E-state index >= 15 is 0 Å². The zero-order valence-corrected chi connectivity index (χ0v) is 15.8. The number of halogens is 4. The van der Waals surface area contributed by atoms with Crippen LogP contribution in [0.1, 0.15) is 15.9 Å². The summed E-state index contributed by atoms with van der Waals surface area (Å²) in [6.07, 6.45) is -3.42. The van der Waals surface area contributed by atoms with Crippen molar-refractivity contribution < 1.29 is 22.7 Å². The fourth-order valence-electron chi connectivity index (χ4n) is 3.01. The minimum atomic E-state index is -4.64. The summed E-state index contributed by atoms with van der Waals surface area (Å²) in [6.45, 7) is 0. The largest absolute Gasteiger partial charge is 0.711 e. The van der Waals surface area contributed by atoms with Crippen LogP contribution in [-0.4, -0.2) is 15.9 Å². The highest BCUT2D eigenvalue weighted by molar-refractivity contribution is 6.30. The van der Waals surface area contributed by atoms with E-state index in [2.05, 4.69) is 15.3 Å². The zero-order chi connectivity index (χ0) is 21.5. The summed E-state index contributed by atoms with van der Waals surface area (Å²) in [5.74, 6) is -0.679. The van der Waals surface area contributed by atoms with E-state index in [4.69, 9.17) is 11.6 Å². The minimum absolute atomic E-state index is 0.00678. The van der Waals surface area contributed by atoms with Gasteiger partial charge in [0.15, 0.2) is 0 Å². The van der Waals surface area contributed by atoms with Gasteiger partial charge in [-0.1, -0.05) is 23.7 Å². The normalized spacial score (nSPS) is 11.6. The van der Waals surface area contributed by atoms with Gasteiger partial charge in [-0.15, -0.1) is 0 Å². The lowest BCUT2D eigenvalue weighted by atomic mass is 10.1. The Hall–Kier alpha value is -3.59. The standard InChI is InChI=1S/C20H12ClF3N4O2/c21-11-7-8-12(14(10-11)20(22,23)24)18-25-15-5-3-4-13(17(15)27-18)19(29)26-16-6-1-2-9-28(16)30/h1-10H,(H,25,27)(H,26,29). The number of alkyl halides is 3. The molecule has 152 valence electrons. The van der Waals surface area contributed by atoms with Gasteiger partial charge in [-0.05, 0) is 36.4 Å². The van der Waals surface area contributed by atoms with Crippen molar-refractivity contribution in [1.29, 1.82) is 0 Å². The Morgan fingerprint density at radius 2 is 1.93 bits per heavy atom. The molecule has 0 aliphatic carbocycles. The number of anilines is 1. The van der Waals surface area contributed by atoms with Crippen molar-refractivity contribution in [3.05, 3.63) is 82.2 Å². The SMILES string of the molecule is O=C(Nc1cccc[n+]1[O-])c1cccc2[nH]c(-c3ccc(Cl)cc3C(F)(F)F)nc12. The highest BCUT2D eigenvalue weighted by atomic mass is 35.5. The molecule has 0 saturated carbocycles. The van der Waals surface area contributed by atoms with E-state index in [1.54, 1.807) is 18.2 Å². The molecule has 10 heteroatoms. The smallest absolute Gasteiger partial charge is 0.417 e. The van der Waals surface area contributed by atoms with Crippen molar-refractivity contribution in [1.82, 2.24) is 9.97 Å². The lowest BCUT2D eigenvalue weighted by Gasteiger charge is -2.11. The second-order valence-corrected chi connectivity index (χ2v) is 6.78. The van der Waals surface area contributed by atoms with Crippen LogP contribution < -0.4 is 10.0 Å². The molecule has 2 N–H and O–H groups in total. The number of hydrogen-bond donors (Lipinski definition) is 2. The molecule has 30 heavy (non-hydrogen) atoms. The Morgan fingerprint density at radius 3 is 2.67 bits per heavy atom. The Bertz CT molecular complexity index is 1270. The van der Waals surface area contributed by atoms with Gasteiger partial charge in [-0.25, -0.2) is 19.8 Å². The van der Waals surface area contributed by atoms with Gasteiger partial charge in [0.2, 0.25) is 0 Å². The molecule has 0 atom stereocenters. The van der Waals surface area contributed by atoms with Gasteiger partial charge in [0, 0.05) is 16.7 Å². The third kappa shape index (κ3) is 3.67. The van der Waals surface area contributed by atoms with Crippen LogP contribution in [0.2, 0.25) is 5.02 Å². The number of aromatic nitrogens is 3. The molecule has 0 aliphatic rings. The molecule has 0 spiro atoms. The number of imidazole rings is 1. The quantitative estimate of drug-likeness (QED) is 0.360. The summed E-state index contributed by atoms with van der Waals surface area (Å²) >= 11 is 5.73. The van der Waals surface area contributed by atoms with Crippen molar-refractivity contribution >= 4 is 34.4 Å². The predicted octanol–water partition coefficient (Wildman–Crippen LogP) is 4.79. The van der Waals surface area contributed by atoms with Gasteiger partial charge >= 0.3 is 12.1 Å². The van der Waals surface area contributed by atoms with E-state index in [0.717, 1.165) is 6.07 Å². The van der Waals surface area contributed by atoms with Crippen molar-refractivity contribution in [2.45, 2.75) is 6.18 Å². The third-order valence-electron chi connectivity index (χ3n) is 4.37. The summed E-state index contributed by atoms with van der Waals surface area (Å²) in [5.41, 5.74) is -0.515. The maximum Gasteiger partial charge on any atom is 0.417 e. The van der Waals surface area contributed by atoms with E-state index < -0.39 is 17.6 Å². The van der Waals surface area contributed by atoms with Crippen LogP contribution in [-0.2, 0) is 6.18 Å². The molecule has 0 saturated heterocycles. The molecule has 0 unspecified atom stereocenters. The first kappa shape index (κ1) is 19.7. The van der Waals surface area contributed by atoms with Gasteiger partial charge in [0.05, 0.1) is 22.8 Å². The maximum atomic E-state index is 13.5. The number of benzene rings is 2. The van der Waals surface area contributed by atoms with E-state index in [9.17, 15) is 23.2 Å². The number of rotatable bonds is 3. The molecule has 4 rings (SSSR count). The number of aromatic amines is 1. The summed E-state index contributed by atoms with van der Waals surface area (Å²) < 4.78 is 40.9. The Kier molecular flexibility index (Phi) is 4.83. The van der Waals surface area contributed by atoms with Crippen LogP contribution in [0.3, 0.4) is 0 Å². The van der Waals surface area contributed by atoms with Crippen LogP contribution >= 0.6 is 11.6 Å². The Morgan fingerprint density at radius 1 is 1.13 bits per heavy atom. The van der Waals surface area contributed by atoms with Crippen molar-refractivity contribution in [3.8, 4) is 11.4 Å². The number of fused-ring (bicyclic) bond motifs is 1. The number of para-hydroxylation sites is 1. The fourth-order valence-corrected chi connectivity index (χ4v) is 3.18. The molecular formula is C20H12ClF3N4O2. The van der Waals surface area contributed by atoms with Crippen molar-refractivity contribution in [2.75, 3.05) is 5.32 Å². The number of amides is 1.